The molecule has 0 spiro atoms. The number of hydrogen-bond acceptors (Lipinski definition) is 4. The second-order valence-corrected chi connectivity index (χ2v) is 9.20. The Morgan fingerprint density at radius 1 is 0.968 bits per heavy atom. The van der Waals surface area contributed by atoms with Crippen molar-refractivity contribution in [3.8, 4) is 5.75 Å². The Morgan fingerprint density at radius 3 is 2.42 bits per heavy atom. The van der Waals surface area contributed by atoms with E-state index in [2.05, 4.69) is 0 Å². The Kier molecular flexibility index (Phi) is 5.93. The standard InChI is InChI=1S/C23H22F2N2O3S/c1-30-18-7-4-6-17(14-18)12-13-27-16-26(15-19-20(24)8-5-9-21(19)25)22-10-2-3-11-23(22)31(27,28)29/h2-11,14H,12-13,15-16H2,1H3. The summed E-state index contributed by atoms with van der Waals surface area (Å²) in [5.74, 6) is -0.622. The van der Waals surface area contributed by atoms with Gasteiger partial charge in [-0.1, -0.05) is 30.3 Å². The second kappa shape index (κ2) is 8.64. The molecule has 0 unspecified atom stereocenters. The quantitative estimate of drug-likeness (QED) is 0.572. The molecule has 31 heavy (non-hydrogen) atoms. The van der Waals surface area contributed by atoms with Crippen molar-refractivity contribution in [1.82, 2.24) is 4.31 Å². The van der Waals surface area contributed by atoms with Crippen LogP contribution in [0.25, 0.3) is 0 Å². The lowest BCUT2D eigenvalue weighted by molar-refractivity contribution is 0.393. The lowest BCUT2D eigenvalue weighted by atomic mass is 10.1. The van der Waals surface area contributed by atoms with Crippen molar-refractivity contribution < 1.29 is 21.9 Å². The first kappa shape index (κ1) is 21.3. The summed E-state index contributed by atoms with van der Waals surface area (Å²) in [4.78, 5) is 1.81. The minimum absolute atomic E-state index is 0.00289. The van der Waals surface area contributed by atoms with E-state index in [0.717, 1.165) is 5.56 Å². The van der Waals surface area contributed by atoms with Gasteiger partial charge in [0.2, 0.25) is 10.0 Å². The molecule has 0 aromatic heterocycles. The van der Waals surface area contributed by atoms with E-state index in [-0.39, 0.29) is 30.2 Å². The molecule has 0 aliphatic carbocycles. The minimum atomic E-state index is -3.74. The van der Waals surface area contributed by atoms with Crippen LogP contribution in [0.2, 0.25) is 0 Å². The van der Waals surface area contributed by atoms with Gasteiger partial charge in [-0.05, 0) is 48.4 Å². The van der Waals surface area contributed by atoms with Gasteiger partial charge in [-0.15, -0.1) is 0 Å². The molecular weight excluding hydrogens is 422 g/mol. The third-order valence-electron chi connectivity index (χ3n) is 5.35. The number of para-hydroxylation sites is 1. The maximum Gasteiger partial charge on any atom is 0.246 e. The van der Waals surface area contributed by atoms with Crippen molar-refractivity contribution in [2.24, 2.45) is 0 Å². The number of hydrogen-bond donors (Lipinski definition) is 0. The first-order valence-electron chi connectivity index (χ1n) is 9.80. The van der Waals surface area contributed by atoms with Gasteiger partial charge >= 0.3 is 0 Å². The van der Waals surface area contributed by atoms with E-state index in [1.807, 2.05) is 24.3 Å². The molecule has 3 aromatic rings. The molecule has 0 atom stereocenters. The Balaban J connectivity index is 1.64. The van der Waals surface area contributed by atoms with Crippen LogP contribution in [-0.2, 0) is 23.0 Å². The molecule has 4 rings (SSSR count). The average Bonchev–Trinajstić information content (AvgIpc) is 2.77. The van der Waals surface area contributed by atoms with E-state index in [4.69, 9.17) is 4.74 Å². The molecule has 3 aromatic carbocycles. The molecule has 1 heterocycles. The SMILES string of the molecule is COc1cccc(CCN2CN(Cc3c(F)cccc3F)c3ccccc3S2(=O)=O)c1. The number of rotatable bonds is 6. The number of ether oxygens (including phenoxy) is 1. The van der Waals surface area contributed by atoms with Gasteiger partial charge in [0.15, 0.2) is 0 Å². The van der Waals surface area contributed by atoms with Crippen molar-refractivity contribution in [3.05, 3.63) is 89.5 Å². The van der Waals surface area contributed by atoms with Crippen LogP contribution in [0.5, 0.6) is 5.75 Å². The highest BCUT2D eigenvalue weighted by atomic mass is 32.2. The highest BCUT2D eigenvalue weighted by Gasteiger charge is 2.35. The third-order valence-corrected chi connectivity index (χ3v) is 7.23. The van der Waals surface area contributed by atoms with Crippen LogP contribution in [0, 0.1) is 11.6 Å². The first-order chi connectivity index (χ1) is 14.9. The fourth-order valence-corrected chi connectivity index (χ4v) is 5.31. The van der Waals surface area contributed by atoms with Gasteiger partial charge in [0, 0.05) is 12.1 Å². The average molecular weight is 445 g/mol. The van der Waals surface area contributed by atoms with Crippen molar-refractivity contribution in [1.29, 1.82) is 0 Å². The zero-order chi connectivity index (χ0) is 22.0. The van der Waals surface area contributed by atoms with Gasteiger partial charge < -0.3 is 9.64 Å². The highest BCUT2D eigenvalue weighted by molar-refractivity contribution is 7.89. The Labute approximate surface area is 180 Å². The number of nitrogens with zero attached hydrogens (tertiary/aromatic N) is 2. The van der Waals surface area contributed by atoms with E-state index in [9.17, 15) is 17.2 Å². The van der Waals surface area contributed by atoms with E-state index in [0.29, 0.717) is 17.9 Å². The summed E-state index contributed by atoms with van der Waals surface area (Å²) < 4.78 is 61.5. The molecule has 1 aliphatic rings. The summed E-state index contributed by atoms with van der Waals surface area (Å²) in [7, 11) is -2.17. The van der Waals surface area contributed by atoms with E-state index >= 15 is 0 Å². The van der Waals surface area contributed by atoms with Gasteiger partial charge in [0.05, 0.1) is 26.0 Å². The summed E-state index contributed by atoms with van der Waals surface area (Å²) in [5.41, 5.74) is 1.27. The maximum absolute atomic E-state index is 14.3. The molecule has 162 valence electrons. The molecule has 0 saturated carbocycles. The Bertz CT molecular complexity index is 1180. The van der Waals surface area contributed by atoms with E-state index < -0.39 is 21.7 Å². The highest BCUT2D eigenvalue weighted by Crippen LogP contribution is 2.34. The fourth-order valence-electron chi connectivity index (χ4n) is 3.70. The molecule has 0 radical (unpaired) electrons. The number of methoxy groups -OCH3 is 1. The van der Waals surface area contributed by atoms with Crippen LogP contribution in [0.1, 0.15) is 11.1 Å². The first-order valence-corrected chi connectivity index (χ1v) is 11.2. The molecule has 0 saturated heterocycles. The predicted molar refractivity (Wildman–Crippen MR) is 114 cm³/mol. The third kappa shape index (κ3) is 4.26. The van der Waals surface area contributed by atoms with Gasteiger partial charge in [-0.25, -0.2) is 17.2 Å². The van der Waals surface area contributed by atoms with E-state index in [1.54, 1.807) is 30.2 Å². The van der Waals surface area contributed by atoms with Crippen LogP contribution >= 0.6 is 0 Å². The zero-order valence-electron chi connectivity index (χ0n) is 17.0. The van der Waals surface area contributed by atoms with Crippen LogP contribution in [-0.4, -0.2) is 33.0 Å². The topological polar surface area (TPSA) is 49.9 Å². The largest absolute Gasteiger partial charge is 0.497 e. The number of benzene rings is 3. The molecular formula is C23H22F2N2O3S. The number of halogens is 2. The normalized spacial score (nSPS) is 15.5. The molecule has 8 heteroatoms. The molecule has 1 aliphatic heterocycles. The van der Waals surface area contributed by atoms with Gasteiger partial charge in [-0.3, -0.25) is 0 Å². The molecule has 0 N–H and O–H groups in total. The Hall–Kier alpha value is -2.97. The minimum Gasteiger partial charge on any atom is -0.497 e. The van der Waals surface area contributed by atoms with Gasteiger partial charge in [0.25, 0.3) is 0 Å². The van der Waals surface area contributed by atoms with Crippen LogP contribution in [0.15, 0.2) is 71.6 Å². The lowest BCUT2D eigenvalue weighted by Crippen LogP contribution is -2.47. The van der Waals surface area contributed by atoms with Gasteiger partial charge in [-0.2, -0.15) is 4.31 Å². The molecule has 0 bridgehead atoms. The number of anilines is 1. The summed E-state index contributed by atoms with van der Waals surface area (Å²) in [6.07, 6.45) is 0.473. The molecule has 0 amide bonds. The monoisotopic (exact) mass is 444 g/mol. The second-order valence-electron chi connectivity index (χ2n) is 7.29. The lowest BCUT2D eigenvalue weighted by Gasteiger charge is -2.37. The summed E-state index contributed by atoms with van der Waals surface area (Å²) in [5, 5.41) is 0. The smallest absolute Gasteiger partial charge is 0.246 e. The van der Waals surface area contributed by atoms with Crippen molar-refractivity contribution in [2.45, 2.75) is 17.9 Å². The Morgan fingerprint density at radius 2 is 1.68 bits per heavy atom. The fraction of sp³-hybridized carbons (Fsp3) is 0.217. The van der Waals surface area contributed by atoms with Crippen LogP contribution < -0.4 is 9.64 Å². The van der Waals surface area contributed by atoms with Gasteiger partial charge in [0.1, 0.15) is 22.3 Å². The van der Waals surface area contributed by atoms with E-state index in [1.165, 1.54) is 28.6 Å². The van der Waals surface area contributed by atoms with Crippen LogP contribution in [0.4, 0.5) is 14.5 Å². The van der Waals surface area contributed by atoms with Crippen molar-refractivity contribution in [3.63, 3.8) is 0 Å². The summed E-state index contributed by atoms with van der Waals surface area (Å²) in [6.45, 7) is 0.137. The predicted octanol–water partition coefficient (Wildman–Crippen LogP) is 4.18. The molecule has 0 fully saturated rings. The zero-order valence-corrected chi connectivity index (χ0v) is 17.8. The summed E-state index contributed by atoms with van der Waals surface area (Å²) >= 11 is 0. The van der Waals surface area contributed by atoms with Crippen molar-refractivity contribution >= 4 is 15.7 Å². The van der Waals surface area contributed by atoms with Crippen molar-refractivity contribution in [2.75, 3.05) is 25.2 Å². The number of fused-ring (bicyclic) bond motifs is 1. The summed E-state index contributed by atoms with van der Waals surface area (Å²) in [6, 6.07) is 17.7. The van der Waals surface area contributed by atoms with Crippen LogP contribution in [0.3, 0.4) is 0 Å². The number of sulfonamides is 1. The molecule has 5 nitrogen and oxygen atoms in total. The maximum atomic E-state index is 14.3.